The maximum Gasteiger partial charge on any atom is 0.347 e. The second-order valence-electron chi connectivity index (χ2n) is 4.87. The van der Waals surface area contributed by atoms with Gasteiger partial charge in [-0.1, -0.05) is 23.2 Å². The number of carbonyl (C=O) groups is 1. The third-order valence-corrected chi connectivity index (χ3v) is 2.48. The average Bonchev–Trinajstić information content (AvgIpc) is 2.21. The van der Waals surface area contributed by atoms with Crippen LogP contribution in [0.2, 0.25) is 10.0 Å². The van der Waals surface area contributed by atoms with Gasteiger partial charge >= 0.3 is 5.97 Å². The molecule has 0 aliphatic heterocycles. The molecule has 5 heteroatoms. The number of hydrogen-bond acceptors (Lipinski definition) is 3. The number of benzene rings is 1. The molecule has 0 spiro atoms. The van der Waals surface area contributed by atoms with Crippen LogP contribution in [0, 0.1) is 0 Å². The van der Waals surface area contributed by atoms with Crippen LogP contribution in [-0.2, 0) is 9.53 Å². The largest absolute Gasteiger partial charge is 0.477 e. The Bertz CT molecular complexity index is 438. The van der Waals surface area contributed by atoms with Crippen LogP contribution in [0.4, 0.5) is 0 Å². The lowest BCUT2D eigenvalue weighted by molar-refractivity contribution is -0.162. The minimum atomic E-state index is -0.750. The van der Waals surface area contributed by atoms with E-state index in [1.807, 2.05) is 0 Å². The lowest BCUT2D eigenvalue weighted by Crippen LogP contribution is -2.33. The van der Waals surface area contributed by atoms with Crippen molar-refractivity contribution >= 4 is 29.2 Å². The molecule has 0 aliphatic rings. The van der Waals surface area contributed by atoms with Crippen LogP contribution in [-0.4, -0.2) is 17.7 Å². The summed E-state index contributed by atoms with van der Waals surface area (Å²) in [5.41, 5.74) is -0.549. The molecule has 0 saturated carbocycles. The molecule has 0 fully saturated rings. The number of hydrogen-bond donors (Lipinski definition) is 0. The monoisotopic (exact) mass is 290 g/mol. The van der Waals surface area contributed by atoms with Crippen LogP contribution in [0.5, 0.6) is 5.75 Å². The standard InChI is InChI=1S/C13H16Cl2O3/c1-8(12(16)18-13(2,3)4)17-11-7-9(14)5-6-10(11)15/h5-8H,1-4H3. The molecule has 1 aromatic carbocycles. The second kappa shape index (κ2) is 5.81. The van der Waals surface area contributed by atoms with Crippen molar-refractivity contribution < 1.29 is 14.3 Å². The lowest BCUT2D eigenvalue weighted by Gasteiger charge is -2.22. The van der Waals surface area contributed by atoms with E-state index in [9.17, 15) is 4.79 Å². The quantitative estimate of drug-likeness (QED) is 0.786. The number of esters is 1. The Morgan fingerprint density at radius 2 is 1.89 bits per heavy atom. The van der Waals surface area contributed by atoms with Gasteiger partial charge in [0.25, 0.3) is 0 Å². The summed E-state index contributed by atoms with van der Waals surface area (Å²) < 4.78 is 10.6. The lowest BCUT2D eigenvalue weighted by atomic mass is 10.2. The summed E-state index contributed by atoms with van der Waals surface area (Å²) in [6.07, 6.45) is -0.750. The summed E-state index contributed by atoms with van der Waals surface area (Å²) >= 11 is 11.8. The van der Waals surface area contributed by atoms with Gasteiger partial charge in [-0.15, -0.1) is 0 Å². The van der Waals surface area contributed by atoms with Crippen molar-refractivity contribution in [3.63, 3.8) is 0 Å². The van der Waals surface area contributed by atoms with Crippen molar-refractivity contribution in [2.24, 2.45) is 0 Å². The van der Waals surface area contributed by atoms with E-state index in [1.54, 1.807) is 45.9 Å². The van der Waals surface area contributed by atoms with Crippen LogP contribution in [0.15, 0.2) is 18.2 Å². The Morgan fingerprint density at radius 3 is 2.44 bits per heavy atom. The van der Waals surface area contributed by atoms with E-state index in [0.717, 1.165) is 0 Å². The van der Waals surface area contributed by atoms with Gasteiger partial charge in [-0.05, 0) is 39.8 Å². The predicted molar refractivity (Wildman–Crippen MR) is 72.4 cm³/mol. The zero-order valence-corrected chi connectivity index (χ0v) is 12.3. The van der Waals surface area contributed by atoms with E-state index < -0.39 is 17.7 Å². The summed E-state index contributed by atoms with van der Waals surface area (Å²) in [6, 6.07) is 4.82. The molecule has 1 aromatic rings. The normalized spacial score (nSPS) is 13.0. The van der Waals surface area contributed by atoms with Crippen molar-refractivity contribution in [3.05, 3.63) is 28.2 Å². The highest BCUT2D eigenvalue weighted by Crippen LogP contribution is 2.28. The smallest absolute Gasteiger partial charge is 0.347 e. The summed E-state index contributed by atoms with van der Waals surface area (Å²) in [7, 11) is 0. The van der Waals surface area contributed by atoms with Gasteiger partial charge in [-0.3, -0.25) is 0 Å². The molecule has 100 valence electrons. The predicted octanol–water partition coefficient (Wildman–Crippen LogP) is 4.10. The van der Waals surface area contributed by atoms with Crippen LogP contribution >= 0.6 is 23.2 Å². The average molecular weight is 291 g/mol. The molecule has 0 saturated heterocycles. The van der Waals surface area contributed by atoms with Crippen molar-refractivity contribution in [3.8, 4) is 5.75 Å². The van der Waals surface area contributed by atoms with Gasteiger partial charge in [0.1, 0.15) is 11.4 Å². The molecule has 18 heavy (non-hydrogen) atoms. The molecule has 1 rings (SSSR count). The van der Waals surface area contributed by atoms with Crippen molar-refractivity contribution in [2.45, 2.75) is 39.4 Å². The molecule has 3 nitrogen and oxygen atoms in total. The highest BCUT2D eigenvalue weighted by atomic mass is 35.5. The van der Waals surface area contributed by atoms with Crippen molar-refractivity contribution in [1.82, 2.24) is 0 Å². The first-order valence-electron chi connectivity index (χ1n) is 5.53. The maximum atomic E-state index is 11.7. The zero-order chi connectivity index (χ0) is 13.9. The number of rotatable bonds is 3. The molecular formula is C13H16Cl2O3. The number of carbonyl (C=O) groups excluding carboxylic acids is 1. The molecule has 0 N–H and O–H groups in total. The van der Waals surface area contributed by atoms with Crippen molar-refractivity contribution in [1.29, 1.82) is 0 Å². The molecule has 1 unspecified atom stereocenters. The molecule has 0 radical (unpaired) electrons. The fourth-order valence-corrected chi connectivity index (χ4v) is 1.52. The van der Waals surface area contributed by atoms with Crippen LogP contribution in [0.3, 0.4) is 0 Å². The van der Waals surface area contributed by atoms with Gasteiger partial charge < -0.3 is 9.47 Å². The SMILES string of the molecule is CC(Oc1cc(Cl)ccc1Cl)C(=O)OC(C)(C)C. The van der Waals surface area contributed by atoms with Crippen LogP contribution in [0.1, 0.15) is 27.7 Å². The highest BCUT2D eigenvalue weighted by Gasteiger charge is 2.23. The van der Waals surface area contributed by atoms with E-state index in [2.05, 4.69) is 0 Å². The number of halogens is 2. The Labute approximate surface area is 117 Å². The molecule has 0 amide bonds. The third kappa shape index (κ3) is 4.75. The molecule has 0 heterocycles. The Balaban J connectivity index is 2.72. The van der Waals surface area contributed by atoms with Gasteiger partial charge in [0.05, 0.1) is 5.02 Å². The van der Waals surface area contributed by atoms with Crippen LogP contribution < -0.4 is 4.74 Å². The van der Waals surface area contributed by atoms with Crippen LogP contribution in [0.25, 0.3) is 0 Å². The van der Waals surface area contributed by atoms with Gasteiger partial charge in [-0.2, -0.15) is 0 Å². The van der Waals surface area contributed by atoms with E-state index in [-0.39, 0.29) is 0 Å². The van der Waals surface area contributed by atoms with Crippen molar-refractivity contribution in [2.75, 3.05) is 0 Å². The van der Waals surface area contributed by atoms with Gasteiger partial charge in [0.2, 0.25) is 0 Å². The molecule has 1 atom stereocenters. The first-order chi connectivity index (χ1) is 8.19. The topological polar surface area (TPSA) is 35.5 Å². The van der Waals surface area contributed by atoms with Gasteiger partial charge in [0, 0.05) is 11.1 Å². The first-order valence-corrected chi connectivity index (χ1v) is 6.29. The van der Waals surface area contributed by atoms with E-state index in [0.29, 0.717) is 15.8 Å². The zero-order valence-electron chi connectivity index (χ0n) is 10.8. The molecule has 0 bridgehead atoms. The van der Waals surface area contributed by atoms with E-state index >= 15 is 0 Å². The Hall–Kier alpha value is -0.930. The molecule has 0 aromatic heterocycles. The maximum absolute atomic E-state index is 11.7. The van der Waals surface area contributed by atoms with Gasteiger partial charge in [-0.25, -0.2) is 4.79 Å². The minimum absolute atomic E-state index is 0.363. The minimum Gasteiger partial charge on any atom is -0.477 e. The summed E-state index contributed by atoms with van der Waals surface area (Å²) in [6.45, 7) is 6.99. The van der Waals surface area contributed by atoms with E-state index in [4.69, 9.17) is 32.7 Å². The first kappa shape index (κ1) is 15.1. The highest BCUT2D eigenvalue weighted by molar-refractivity contribution is 6.34. The summed E-state index contributed by atoms with van der Waals surface area (Å²) in [4.78, 5) is 11.7. The molecular weight excluding hydrogens is 275 g/mol. The third-order valence-electron chi connectivity index (χ3n) is 1.94. The molecule has 0 aliphatic carbocycles. The summed E-state index contributed by atoms with van der Waals surface area (Å²) in [5.74, 6) is -0.0823. The fraction of sp³-hybridized carbons (Fsp3) is 0.462. The Kier molecular flexibility index (Phi) is 4.88. The van der Waals surface area contributed by atoms with E-state index in [1.165, 1.54) is 0 Å². The fourth-order valence-electron chi connectivity index (χ4n) is 1.19. The number of ether oxygens (including phenoxy) is 2. The van der Waals surface area contributed by atoms with Gasteiger partial charge in [0.15, 0.2) is 6.10 Å². The second-order valence-corrected chi connectivity index (χ2v) is 5.71. The Morgan fingerprint density at radius 1 is 1.28 bits per heavy atom. The summed E-state index contributed by atoms with van der Waals surface area (Å²) in [5, 5.41) is 0.889.